The predicted octanol–water partition coefficient (Wildman–Crippen LogP) is 3.34. The van der Waals surface area contributed by atoms with Crippen molar-refractivity contribution in [2.75, 3.05) is 26.2 Å². The minimum Gasteiger partial charge on any atom is -0.341 e. The number of Topliss-reactive ketones (excluding diaryl/α,β-unsaturated/α-hetero) is 1. The molecule has 196 valence electrons. The molecule has 6 rings (SSSR count). The average Bonchev–Trinajstić information content (AvgIpc) is 3.70. The topological polar surface area (TPSA) is 89.2 Å². The fourth-order valence-corrected chi connectivity index (χ4v) is 5.72. The molecule has 2 aliphatic rings. The third-order valence-corrected chi connectivity index (χ3v) is 7.79. The fourth-order valence-electron chi connectivity index (χ4n) is 5.72. The van der Waals surface area contributed by atoms with Crippen LogP contribution in [0, 0.1) is 0 Å². The lowest BCUT2D eigenvalue weighted by atomic mass is 10.0. The Morgan fingerprint density at radius 1 is 1.00 bits per heavy atom. The van der Waals surface area contributed by atoms with Gasteiger partial charge in [0.1, 0.15) is 12.2 Å². The van der Waals surface area contributed by atoms with Crippen molar-refractivity contribution in [3.8, 4) is 11.3 Å². The van der Waals surface area contributed by atoms with E-state index in [1.54, 1.807) is 21.6 Å². The summed E-state index contributed by atoms with van der Waals surface area (Å²) in [5.41, 5.74) is 3.75. The molecule has 0 spiro atoms. The number of aromatic nitrogens is 5. The Bertz CT molecular complexity index is 1460. The molecule has 1 aromatic carbocycles. The number of benzene rings is 1. The molecule has 9 heteroatoms. The number of amides is 1. The van der Waals surface area contributed by atoms with Crippen LogP contribution in [0.25, 0.3) is 22.2 Å². The van der Waals surface area contributed by atoms with Gasteiger partial charge < -0.3 is 9.80 Å². The van der Waals surface area contributed by atoms with Crippen LogP contribution in [0.2, 0.25) is 0 Å². The zero-order chi connectivity index (χ0) is 26.1. The summed E-state index contributed by atoms with van der Waals surface area (Å²) in [5.74, 6) is 0.0719. The minimum absolute atomic E-state index is 0.0463. The first-order valence-electron chi connectivity index (χ1n) is 13.5. The molecule has 0 unspecified atom stereocenters. The van der Waals surface area contributed by atoms with Gasteiger partial charge in [-0.1, -0.05) is 12.1 Å². The second-order valence-electron chi connectivity index (χ2n) is 10.5. The van der Waals surface area contributed by atoms with Gasteiger partial charge in [0.05, 0.1) is 17.4 Å². The second-order valence-corrected chi connectivity index (χ2v) is 10.5. The van der Waals surface area contributed by atoms with Crippen molar-refractivity contribution in [2.24, 2.45) is 7.05 Å². The maximum absolute atomic E-state index is 13.0. The van der Waals surface area contributed by atoms with Crippen molar-refractivity contribution >= 4 is 22.6 Å². The molecule has 0 saturated carbocycles. The molecule has 0 atom stereocenters. The number of carbonyl (C=O) groups excluding carboxylic acids is 2. The zero-order valence-corrected chi connectivity index (χ0v) is 21.8. The van der Waals surface area contributed by atoms with E-state index in [-0.39, 0.29) is 24.7 Å². The number of aryl methyl sites for hydroxylation is 1. The first-order valence-corrected chi connectivity index (χ1v) is 13.5. The van der Waals surface area contributed by atoms with Gasteiger partial charge in [-0.3, -0.25) is 19.0 Å². The lowest BCUT2D eigenvalue weighted by Gasteiger charge is -2.36. The van der Waals surface area contributed by atoms with E-state index < -0.39 is 0 Å². The van der Waals surface area contributed by atoms with Gasteiger partial charge in [-0.2, -0.15) is 10.2 Å². The van der Waals surface area contributed by atoms with Gasteiger partial charge in [0.25, 0.3) is 0 Å². The van der Waals surface area contributed by atoms with Crippen LogP contribution in [0.1, 0.15) is 41.7 Å². The Hall–Kier alpha value is -3.85. The Kier molecular flexibility index (Phi) is 6.76. The Morgan fingerprint density at radius 2 is 1.82 bits per heavy atom. The summed E-state index contributed by atoms with van der Waals surface area (Å²) in [6.07, 6.45) is 10.5. The third kappa shape index (κ3) is 5.24. The summed E-state index contributed by atoms with van der Waals surface area (Å²) in [7, 11) is 1.85. The van der Waals surface area contributed by atoms with Gasteiger partial charge >= 0.3 is 0 Å². The SMILES string of the molecule is Cn1cc(-c2cccc(C(=O)Cc3ccc4nn(CC(=O)N5CCC(N6CCCC6)CC5)cc4c3)n2)cn1. The van der Waals surface area contributed by atoms with E-state index in [0.717, 1.165) is 53.7 Å². The molecule has 0 N–H and O–H groups in total. The van der Waals surface area contributed by atoms with Gasteiger partial charge in [-0.25, -0.2) is 4.98 Å². The minimum atomic E-state index is -0.0463. The normalized spacial score (nSPS) is 16.9. The first-order chi connectivity index (χ1) is 18.5. The van der Waals surface area contributed by atoms with Crippen molar-refractivity contribution in [2.45, 2.75) is 44.7 Å². The predicted molar refractivity (Wildman–Crippen MR) is 145 cm³/mol. The molecule has 9 nitrogen and oxygen atoms in total. The molecule has 2 fully saturated rings. The largest absolute Gasteiger partial charge is 0.341 e. The van der Waals surface area contributed by atoms with Crippen LogP contribution in [-0.2, 0) is 24.8 Å². The van der Waals surface area contributed by atoms with E-state index in [4.69, 9.17) is 0 Å². The summed E-state index contributed by atoms with van der Waals surface area (Å²) < 4.78 is 3.44. The monoisotopic (exact) mass is 511 g/mol. The number of nitrogens with zero attached hydrogens (tertiary/aromatic N) is 7. The molecule has 0 bridgehead atoms. The molecule has 3 aromatic heterocycles. The van der Waals surface area contributed by atoms with E-state index in [1.165, 1.54) is 25.9 Å². The van der Waals surface area contributed by atoms with E-state index in [0.29, 0.717) is 11.7 Å². The number of fused-ring (bicyclic) bond motifs is 1. The van der Waals surface area contributed by atoms with E-state index in [1.807, 2.05) is 54.7 Å². The summed E-state index contributed by atoms with van der Waals surface area (Å²) in [6.45, 7) is 4.30. The molecule has 0 aliphatic carbocycles. The summed E-state index contributed by atoms with van der Waals surface area (Å²) in [4.78, 5) is 35.1. The van der Waals surface area contributed by atoms with Crippen molar-refractivity contribution in [3.63, 3.8) is 0 Å². The number of rotatable bonds is 7. The number of likely N-dealkylation sites (tertiary alicyclic amines) is 2. The number of ketones is 1. The lowest BCUT2D eigenvalue weighted by molar-refractivity contribution is -0.133. The lowest BCUT2D eigenvalue weighted by Crippen LogP contribution is -2.46. The summed E-state index contributed by atoms with van der Waals surface area (Å²) in [5, 5.41) is 9.72. The van der Waals surface area contributed by atoms with Gasteiger partial charge in [-0.05, 0) is 68.6 Å². The first kappa shape index (κ1) is 24.5. The van der Waals surface area contributed by atoms with E-state index in [2.05, 4.69) is 20.1 Å². The highest BCUT2D eigenvalue weighted by Crippen LogP contribution is 2.22. The van der Waals surface area contributed by atoms with Crippen molar-refractivity contribution in [1.29, 1.82) is 0 Å². The zero-order valence-electron chi connectivity index (χ0n) is 21.8. The summed E-state index contributed by atoms with van der Waals surface area (Å²) in [6, 6.07) is 11.9. The molecule has 0 radical (unpaired) electrons. The number of hydrogen-bond donors (Lipinski definition) is 0. The number of pyridine rings is 1. The Morgan fingerprint density at radius 3 is 2.58 bits per heavy atom. The van der Waals surface area contributed by atoms with Crippen LogP contribution in [-0.4, -0.2) is 78.3 Å². The van der Waals surface area contributed by atoms with Gasteiger partial charge in [0, 0.05) is 55.9 Å². The van der Waals surface area contributed by atoms with Crippen molar-refractivity contribution < 1.29 is 9.59 Å². The number of piperidine rings is 1. The summed E-state index contributed by atoms with van der Waals surface area (Å²) >= 11 is 0. The van der Waals surface area contributed by atoms with Crippen LogP contribution in [0.3, 0.4) is 0 Å². The molecule has 2 aliphatic heterocycles. The molecular formula is C29H33N7O2. The smallest absolute Gasteiger partial charge is 0.244 e. The number of hydrogen-bond acceptors (Lipinski definition) is 6. The molecule has 38 heavy (non-hydrogen) atoms. The van der Waals surface area contributed by atoms with Crippen molar-refractivity contribution in [3.05, 3.63) is 66.2 Å². The van der Waals surface area contributed by atoms with Gasteiger partial charge in [0.2, 0.25) is 5.91 Å². The molecule has 2 saturated heterocycles. The van der Waals surface area contributed by atoms with E-state index in [9.17, 15) is 9.59 Å². The average molecular weight is 512 g/mol. The highest BCUT2D eigenvalue weighted by molar-refractivity contribution is 5.96. The standard InChI is InChI=1S/C29H33N7O2/c1-33-18-23(17-30-33)25-5-4-6-27(31-25)28(37)16-21-7-8-26-22(15-21)19-36(32-26)20-29(38)35-13-9-24(10-14-35)34-11-2-3-12-34/h4-8,15,17-19,24H,2-3,9-14,16,20H2,1H3. The van der Waals surface area contributed by atoms with Crippen LogP contribution in [0.5, 0.6) is 0 Å². The van der Waals surface area contributed by atoms with Crippen LogP contribution >= 0.6 is 0 Å². The van der Waals surface area contributed by atoms with Crippen LogP contribution < -0.4 is 0 Å². The second kappa shape index (κ2) is 10.5. The maximum atomic E-state index is 13.0. The molecule has 4 aromatic rings. The molecule has 5 heterocycles. The van der Waals surface area contributed by atoms with Crippen LogP contribution in [0.15, 0.2) is 55.0 Å². The van der Waals surface area contributed by atoms with Crippen LogP contribution in [0.4, 0.5) is 0 Å². The fraction of sp³-hybridized carbons (Fsp3) is 0.414. The maximum Gasteiger partial charge on any atom is 0.244 e. The number of carbonyl (C=O) groups is 2. The van der Waals surface area contributed by atoms with Gasteiger partial charge in [-0.15, -0.1) is 0 Å². The Balaban J connectivity index is 1.08. The Labute approximate surface area is 222 Å². The van der Waals surface area contributed by atoms with Gasteiger partial charge in [0.15, 0.2) is 5.78 Å². The third-order valence-electron chi connectivity index (χ3n) is 7.79. The van der Waals surface area contributed by atoms with Crippen molar-refractivity contribution in [1.82, 2.24) is 34.3 Å². The highest BCUT2D eigenvalue weighted by Gasteiger charge is 2.28. The van der Waals surface area contributed by atoms with E-state index >= 15 is 0 Å². The molecular weight excluding hydrogens is 478 g/mol. The molecule has 1 amide bonds. The highest BCUT2D eigenvalue weighted by atomic mass is 16.2. The quantitative estimate of drug-likeness (QED) is 0.354.